The van der Waals surface area contributed by atoms with Crippen molar-refractivity contribution in [1.82, 2.24) is 0 Å². The Morgan fingerprint density at radius 1 is 1.62 bits per heavy atom. The van der Waals surface area contributed by atoms with E-state index in [9.17, 15) is 4.39 Å². The molecule has 1 unspecified atom stereocenters. The van der Waals surface area contributed by atoms with Gasteiger partial charge >= 0.3 is 0 Å². The van der Waals surface area contributed by atoms with Crippen LogP contribution in [0.5, 0.6) is 0 Å². The molecule has 0 nitrogen and oxygen atoms in total. The second-order valence-electron chi connectivity index (χ2n) is 2.62. The molecule has 0 aliphatic heterocycles. The van der Waals surface area contributed by atoms with Gasteiger partial charge in [-0.05, 0) is 19.8 Å². The molecule has 0 aromatic heterocycles. The van der Waals surface area contributed by atoms with E-state index in [4.69, 9.17) is 0 Å². The second kappa shape index (κ2) is 2.81. The summed E-state index contributed by atoms with van der Waals surface area (Å²) < 4.78 is 12.8. The van der Waals surface area contributed by atoms with Crippen molar-refractivity contribution < 1.29 is 4.39 Å². The molecule has 50 valence electrons. The van der Waals surface area contributed by atoms with Crippen molar-refractivity contribution in [2.24, 2.45) is 5.92 Å². The first-order chi connectivity index (χ1) is 3.48. The lowest BCUT2D eigenvalue weighted by Gasteiger charge is -2.20. The van der Waals surface area contributed by atoms with E-state index in [1.54, 1.807) is 13.8 Å². The van der Waals surface area contributed by atoms with Gasteiger partial charge in [0.15, 0.2) is 0 Å². The number of hydrogen-bond donors (Lipinski definition) is 0. The van der Waals surface area contributed by atoms with Crippen LogP contribution in [0.25, 0.3) is 0 Å². The molecule has 0 aromatic carbocycles. The Balaban J connectivity index is 3.62. The van der Waals surface area contributed by atoms with Crippen LogP contribution >= 0.6 is 15.9 Å². The Kier molecular flexibility index (Phi) is 2.95. The zero-order valence-electron chi connectivity index (χ0n) is 5.54. The van der Waals surface area contributed by atoms with Gasteiger partial charge in [0.1, 0.15) is 5.67 Å². The highest BCUT2D eigenvalue weighted by Crippen LogP contribution is 2.21. The van der Waals surface area contributed by atoms with Crippen molar-refractivity contribution in [3.63, 3.8) is 0 Å². The van der Waals surface area contributed by atoms with Crippen molar-refractivity contribution in [2.45, 2.75) is 26.4 Å². The minimum Gasteiger partial charge on any atom is -0.244 e. The largest absolute Gasteiger partial charge is 0.244 e. The summed E-state index contributed by atoms with van der Waals surface area (Å²) >= 11 is 3.21. The smallest absolute Gasteiger partial charge is 0.108 e. The molecule has 8 heavy (non-hydrogen) atoms. The van der Waals surface area contributed by atoms with Gasteiger partial charge in [-0.2, -0.15) is 0 Å². The van der Waals surface area contributed by atoms with Crippen LogP contribution in [-0.4, -0.2) is 11.0 Å². The van der Waals surface area contributed by atoms with Crippen LogP contribution in [0, 0.1) is 5.92 Å². The van der Waals surface area contributed by atoms with E-state index in [0.717, 1.165) is 5.33 Å². The molecule has 0 rings (SSSR count). The molecule has 0 heterocycles. The summed E-state index contributed by atoms with van der Waals surface area (Å²) in [5, 5.41) is 0.733. The highest BCUT2D eigenvalue weighted by Gasteiger charge is 2.22. The van der Waals surface area contributed by atoms with Gasteiger partial charge in [0.25, 0.3) is 0 Å². The van der Waals surface area contributed by atoms with Gasteiger partial charge in [0.2, 0.25) is 0 Å². The van der Waals surface area contributed by atoms with Gasteiger partial charge in [-0.3, -0.25) is 0 Å². The van der Waals surface area contributed by atoms with Crippen molar-refractivity contribution in [1.29, 1.82) is 0 Å². The lowest BCUT2D eigenvalue weighted by Crippen LogP contribution is -2.23. The molecule has 0 saturated carbocycles. The molecular formula is C6H12BrF. The topological polar surface area (TPSA) is 0 Å². The minimum atomic E-state index is -1.04. The molecule has 0 aromatic rings. The molecule has 0 saturated heterocycles. The van der Waals surface area contributed by atoms with Crippen LogP contribution in [0.3, 0.4) is 0 Å². The van der Waals surface area contributed by atoms with E-state index in [1.165, 1.54) is 0 Å². The van der Waals surface area contributed by atoms with Crippen LogP contribution in [-0.2, 0) is 0 Å². The minimum absolute atomic E-state index is 0.0995. The van der Waals surface area contributed by atoms with Crippen molar-refractivity contribution >= 4 is 15.9 Å². The third-order valence-corrected chi connectivity index (χ3v) is 2.37. The lowest BCUT2D eigenvalue weighted by atomic mass is 9.97. The molecule has 0 spiro atoms. The molecule has 1 atom stereocenters. The summed E-state index contributed by atoms with van der Waals surface area (Å²) in [6, 6.07) is 0. The maximum absolute atomic E-state index is 12.8. The van der Waals surface area contributed by atoms with Crippen LogP contribution in [0.1, 0.15) is 20.8 Å². The number of rotatable bonds is 2. The summed E-state index contributed by atoms with van der Waals surface area (Å²) in [6.07, 6.45) is 0. The Bertz CT molecular complexity index is 65.4. The fourth-order valence-electron chi connectivity index (χ4n) is 0.183. The summed E-state index contributed by atoms with van der Waals surface area (Å²) in [5.41, 5.74) is -1.04. The SMILES string of the molecule is CC(CBr)C(C)(C)F. The first-order valence-corrected chi connectivity index (χ1v) is 3.85. The first kappa shape index (κ1) is 8.41. The van der Waals surface area contributed by atoms with E-state index in [1.807, 2.05) is 6.92 Å². The third-order valence-electron chi connectivity index (χ3n) is 1.40. The quantitative estimate of drug-likeness (QED) is 0.577. The van der Waals surface area contributed by atoms with Gasteiger partial charge in [0, 0.05) is 5.33 Å². The number of halogens is 2. The van der Waals surface area contributed by atoms with Gasteiger partial charge in [-0.25, -0.2) is 4.39 Å². The zero-order valence-corrected chi connectivity index (χ0v) is 7.13. The number of alkyl halides is 2. The van der Waals surface area contributed by atoms with Gasteiger partial charge in [-0.1, -0.05) is 22.9 Å². The molecule has 0 fully saturated rings. The van der Waals surface area contributed by atoms with Crippen LogP contribution in [0.2, 0.25) is 0 Å². The summed E-state index contributed by atoms with van der Waals surface area (Å²) in [5.74, 6) is 0.0995. The van der Waals surface area contributed by atoms with Gasteiger partial charge in [0.05, 0.1) is 0 Å². The molecule has 0 radical (unpaired) electrons. The van der Waals surface area contributed by atoms with Crippen molar-refractivity contribution in [3.05, 3.63) is 0 Å². The monoisotopic (exact) mass is 182 g/mol. The van der Waals surface area contributed by atoms with Crippen molar-refractivity contribution in [3.8, 4) is 0 Å². The van der Waals surface area contributed by atoms with E-state index < -0.39 is 5.67 Å². The predicted octanol–water partition coefficient (Wildman–Crippen LogP) is 2.77. The zero-order chi connectivity index (χ0) is 6.78. The third kappa shape index (κ3) is 2.65. The van der Waals surface area contributed by atoms with E-state index in [-0.39, 0.29) is 5.92 Å². The molecular weight excluding hydrogens is 171 g/mol. The summed E-state index contributed by atoms with van der Waals surface area (Å²) in [7, 11) is 0. The Labute approximate surface area is 58.6 Å². The van der Waals surface area contributed by atoms with Crippen LogP contribution in [0.15, 0.2) is 0 Å². The Morgan fingerprint density at radius 2 is 2.00 bits per heavy atom. The summed E-state index contributed by atoms with van der Waals surface area (Å²) in [4.78, 5) is 0. The van der Waals surface area contributed by atoms with E-state index in [0.29, 0.717) is 0 Å². The second-order valence-corrected chi connectivity index (χ2v) is 3.27. The van der Waals surface area contributed by atoms with Crippen LogP contribution < -0.4 is 0 Å². The Hall–Kier alpha value is 0.410. The summed E-state index contributed by atoms with van der Waals surface area (Å²) in [6.45, 7) is 5.08. The number of hydrogen-bond acceptors (Lipinski definition) is 0. The Morgan fingerprint density at radius 3 is 2.00 bits per heavy atom. The highest BCUT2D eigenvalue weighted by atomic mass is 79.9. The predicted molar refractivity (Wildman–Crippen MR) is 38.1 cm³/mol. The average Bonchev–Trinajstić information content (AvgIpc) is 1.62. The highest BCUT2D eigenvalue weighted by molar-refractivity contribution is 9.09. The molecule has 0 aliphatic rings. The van der Waals surface area contributed by atoms with Gasteiger partial charge < -0.3 is 0 Å². The maximum Gasteiger partial charge on any atom is 0.108 e. The lowest BCUT2D eigenvalue weighted by molar-refractivity contribution is 0.151. The van der Waals surface area contributed by atoms with Crippen molar-refractivity contribution in [2.75, 3.05) is 5.33 Å². The standard InChI is InChI=1S/C6H12BrF/c1-5(4-7)6(2,3)8/h5H,4H2,1-3H3. The van der Waals surface area contributed by atoms with Crippen LogP contribution in [0.4, 0.5) is 4.39 Å². The molecule has 0 N–H and O–H groups in total. The fraction of sp³-hybridized carbons (Fsp3) is 1.00. The molecule has 0 bridgehead atoms. The fourth-order valence-corrected chi connectivity index (χ4v) is 0.953. The van der Waals surface area contributed by atoms with Gasteiger partial charge in [-0.15, -0.1) is 0 Å². The van der Waals surface area contributed by atoms with E-state index >= 15 is 0 Å². The van der Waals surface area contributed by atoms with E-state index in [2.05, 4.69) is 15.9 Å². The molecule has 0 aliphatic carbocycles. The molecule has 0 amide bonds. The normalized spacial score (nSPS) is 16.1. The molecule has 2 heteroatoms. The maximum atomic E-state index is 12.8. The average molecular weight is 183 g/mol. The first-order valence-electron chi connectivity index (χ1n) is 2.73.